The van der Waals surface area contributed by atoms with E-state index in [0.29, 0.717) is 25.4 Å². The van der Waals surface area contributed by atoms with Crippen molar-refractivity contribution in [3.8, 4) is 0 Å². The number of carbonyl (C=O) groups is 2. The lowest BCUT2D eigenvalue weighted by Crippen LogP contribution is -2.41. The van der Waals surface area contributed by atoms with Gasteiger partial charge in [-0.05, 0) is 31.6 Å². The van der Waals surface area contributed by atoms with Crippen LogP contribution in [0.2, 0.25) is 0 Å². The molecule has 1 saturated carbocycles. The van der Waals surface area contributed by atoms with Gasteiger partial charge in [-0.15, -0.1) is 0 Å². The molecule has 1 aliphatic carbocycles. The van der Waals surface area contributed by atoms with E-state index in [0.717, 1.165) is 12.5 Å². The van der Waals surface area contributed by atoms with Gasteiger partial charge in [0.15, 0.2) is 0 Å². The standard InChI is InChI=1S/C13H22N2O3/c1-3-9-6-10(9)7-14-12(18)15-5-4-13(2,8-15)11(16)17/h9-10H,3-8H2,1-2H3,(H,14,18)(H,16,17)/t9-,10+,13?/m1/s1. The molecule has 0 aromatic rings. The molecule has 2 fully saturated rings. The molecule has 2 amide bonds. The van der Waals surface area contributed by atoms with Crippen molar-refractivity contribution in [2.75, 3.05) is 19.6 Å². The lowest BCUT2D eigenvalue weighted by atomic mass is 9.90. The van der Waals surface area contributed by atoms with Crippen LogP contribution in [0.25, 0.3) is 0 Å². The fourth-order valence-electron chi connectivity index (χ4n) is 2.70. The van der Waals surface area contributed by atoms with E-state index in [-0.39, 0.29) is 6.03 Å². The summed E-state index contributed by atoms with van der Waals surface area (Å²) in [4.78, 5) is 24.6. The predicted octanol–water partition coefficient (Wildman–Crippen LogP) is 1.54. The van der Waals surface area contributed by atoms with E-state index in [1.165, 1.54) is 12.8 Å². The van der Waals surface area contributed by atoms with Crippen LogP contribution in [-0.2, 0) is 4.79 Å². The number of hydrogen-bond donors (Lipinski definition) is 2. The maximum Gasteiger partial charge on any atom is 0.317 e. The van der Waals surface area contributed by atoms with Crippen molar-refractivity contribution < 1.29 is 14.7 Å². The number of aliphatic carboxylic acids is 1. The van der Waals surface area contributed by atoms with E-state index in [1.807, 2.05) is 0 Å². The highest BCUT2D eigenvalue weighted by Gasteiger charge is 2.42. The molecule has 1 unspecified atom stereocenters. The molecule has 0 radical (unpaired) electrons. The maximum atomic E-state index is 11.9. The van der Waals surface area contributed by atoms with Crippen LogP contribution in [0.3, 0.4) is 0 Å². The van der Waals surface area contributed by atoms with E-state index in [4.69, 9.17) is 5.11 Å². The Kier molecular flexibility index (Phi) is 3.50. The molecule has 2 N–H and O–H groups in total. The first-order chi connectivity index (χ1) is 8.46. The van der Waals surface area contributed by atoms with E-state index in [2.05, 4.69) is 12.2 Å². The quantitative estimate of drug-likeness (QED) is 0.799. The zero-order chi connectivity index (χ0) is 13.3. The molecule has 0 spiro atoms. The van der Waals surface area contributed by atoms with Gasteiger partial charge in [0.25, 0.3) is 0 Å². The number of nitrogens with zero attached hydrogens (tertiary/aromatic N) is 1. The molecule has 2 aliphatic rings. The van der Waals surface area contributed by atoms with Gasteiger partial charge in [-0.25, -0.2) is 4.79 Å². The minimum atomic E-state index is -0.814. The Balaban J connectivity index is 1.76. The van der Waals surface area contributed by atoms with Crippen LogP contribution in [0.15, 0.2) is 0 Å². The zero-order valence-electron chi connectivity index (χ0n) is 11.1. The average molecular weight is 254 g/mol. The maximum absolute atomic E-state index is 11.9. The summed E-state index contributed by atoms with van der Waals surface area (Å²) < 4.78 is 0. The molecular formula is C13H22N2O3. The summed E-state index contributed by atoms with van der Waals surface area (Å²) in [6.07, 6.45) is 2.93. The number of amides is 2. The number of likely N-dealkylation sites (tertiary alicyclic amines) is 1. The first-order valence-electron chi connectivity index (χ1n) is 6.72. The molecule has 102 valence electrons. The molecule has 1 heterocycles. The second-order valence-corrected chi connectivity index (χ2v) is 5.89. The van der Waals surface area contributed by atoms with Crippen molar-refractivity contribution in [3.63, 3.8) is 0 Å². The number of carboxylic acid groups (broad SMARTS) is 1. The molecule has 0 aromatic carbocycles. The second-order valence-electron chi connectivity index (χ2n) is 5.89. The smallest absolute Gasteiger partial charge is 0.317 e. The van der Waals surface area contributed by atoms with Gasteiger partial charge in [-0.3, -0.25) is 4.79 Å². The van der Waals surface area contributed by atoms with Gasteiger partial charge >= 0.3 is 12.0 Å². The molecule has 1 aliphatic heterocycles. The largest absolute Gasteiger partial charge is 0.481 e. The predicted molar refractivity (Wildman–Crippen MR) is 67.2 cm³/mol. The second kappa shape index (κ2) is 4.78. The van der Waals surface area contributed by atoms with E-state index >= 15 is 0 Å². The van der Waals surface area contributed by atoms with E-state index < -0.39 is 11.4 Å². The van der Waals surface area contributed by atoms with Gasteiger partial charge in [0.2, 0.25) is 0 Å². The van der Waals surface area contributed by atoms with Gasteiger partial charge < -0.3 is 15.3 Å². The summed E-state index contributed by atoms with van der Waals surface area (Å²) in [5, 5.41) is 12.0. The van der Waals surface area contributed by atoms with E-state index in [1.54, 1.807) is 11.8 Å². The summed E-state index contributed by atoms with van der Waals surface area (Å²) >= 11 is 0. The highest BCUT2D eigenvalue weighted by atomic mass is 16.4. The van der Waals surface area contributed by atoms with Gasteiger partial charge in [0.05, 0.1) is 5.41 Å². The Bertz CT molecular complexity index is 358. The summed E-state index contributed by atoms with van der Waals surface area (Å²) in [5.41, 5.74) is -0.775. The fourth-order valence-corrected chi connectivity index (χ4v) is 2.70. The van der Waals surface area contributed by atoms with Crippen molar-refractivity contribution in [1.82, 2.24) is 10.2 Å². The topological polar surface area (TPSA) is 69.6 Å². The molecule has 5 nitrogen and oxygen atoms in total. The normalized spacial score (nSPS) is 34.4. The Hall–Kier alpha value is -1.26. The van der Waals surface area contributed by atoms with Crippen molar-refractivity contribution >= 4 is 12.0 Å². The summed E-state index contributed by atoms with van der Waals surface area (Å²) in [7, 11) is 0. The number of carboxylic acids is 1. The Morgan fingerprint density at radius 1 is 1.44 bits per heavy atom. The molecule has 0 bridgehead atoms. The lowest BCUT2D eigenvalue weighted by Gasteiger charge is -2.20. The van der Waals surface area contributed by atoms with Gasteiger partial charge in [0, 0.05) is 19.6 Å². The number of urea groups is 1. The third kappa shape index (κ3) is 2.60. The Morgan fingerprint density at radius 2 is 2.17 bits per heavy atom. The van der Waals surface area contributed by atoms with Crippen LogP contribution in [0.4, 0.5) is 4.79 Å². The molecule has 1 saturated heterocycles. The minimum absolute atomic E-state index is 0.110. The van der Waals surface area contributed by atoms with Crippen LogP contribution in [0.1, 0.15) is 33.1 Å². The van der Waals surface area contributed by atoms with Crippen LogP contribution >= 0.6 is 0 Å². The van der Waals surface area contributed by atoms with Crippen LogP contribution in [0, 0.1) is 17.3 Å². The van der Waals surface area contributed by atoms with E-state index in [9.17, 15) is 9.59 Å². The van der Waals surface area contributed by atoms with Crippen LogP contribution in [0.5, 0.6) is 0 Å². The summed E-state index contributed by atoms with van der Waals surface area (Å²) in [5.74, 6) is 0.589. The van der Waals surface area contributed by atoms with Crippen molar-refractivity contribution in [2.45, 2.75) is 33.1 Å². The Labute approximate surface area is 108 Å². The molecular weight excluding hydrogens is 232 g/mol. The zero-order valence-corrected chi connectivity index (χ0v) is 11.1. The molecule has 5 heteroatoms. The summed E-state index contributed by atoms with van der Waals surface area (Å²) in [6.45, 7) is 5.46. The number of rotatable bonds is 4. The third-order valence-corrected chi connectivity index (χ3v) is 4.39. The Morgan fingerprint density at radius 3 is 2.67 bits per heavy atom. The number of hydrogen-bond acceptors (Lipinski definition) is 2. The molecule has 3 atom stereocenters. The summed E-state index contributed by atoms with van der Waals surface area (Å²) in [6, 6.07) is -0.110. The SMILES string of the molecule is CC[C@@H]1C[C@H]1CNC(=O)N1CCC(C)(C(=O)O)C1. The van der Waals surface area contributed by atoms with Crippen molar-refractivity contribution in [2.24, 2.45) is 17.3 Å². The van der Waals surface area contributed by atoms with Crippen LogP contribution in [-0.4, -0.2) is 41.6 Å². The fraction of sp³-hybridized carbons (Fsp3) is 0.846. The third-order valence-electron chi connectivity index (χ3n) is 4.39. The first-order valence-corrected chi connectivity index (χ1v) is 6.72. The van der Waals surface area contributed by atoms with Gasteiger partial charge in [-0.2, -0.15) is 0 Å². The minimum Gasteiger partial charge on any atom is -0.481 e. The number of nitrogens with one attached hydrogen (secondary N) is 1. The monoisotopic (exact) mass is 254 g/mol. The first kappa shape index (κ1) is 13.2. The van der Waals surface area contributed by atoms with Crippen molar-refractivity contribution in [1.29, 1.82) is 0 Å². The van der Waals surface area contributed by atoms with Gasteiger partial charge in [-0.1, -0.05) is 13.3 Å². The van der Waals surface area contributed by atoms with Crippen LogP contribution < -0.4 is 5.32 Å². The number of carbonyl (C=O) groups excluding carboxylic acids is 1. The lowest BCUT2D eigenvalue weighted by molar-refractivity contribution is -0.146. The highest BCUT2D eigenvalue weighted by Crippen LogP contribution is 2.40. The highest BCUT2D eigenvalue weighted by molar-refractivity contribution is 5.79. The van der Waals surface area contributed by atoms with Gasteiger partial charge in [0.1, 0.15) is 0 Å². The molecule has 2 rings (SSSR count). The molecule has 18 heavy (non-hydrogen) atoms. The molecule has 0 aromatic heterocycles. The average Bonchev–Trinajstić information content (AvgIpc) is 2.99. The van der Waals surface area contributed by atoms with Crippen molar-refractivity contribution in [3.05, 3.63) is 0 Å².